The molecule has 0 atom stereocenters. The van der Waals surface area contributed by atoms with Crippen LogP contribution >= 0.6 is 0 Å². The largest absolute Gasteiger partial charge is 0.493 e. The summed E-state index contributed by atoms with van der Waals surface area (Å²) in [5, 5.41) is 0.531. The van der Waals surface area contributed by atoms with Crippen molar-refractivity contribution in [2.75, 3.05) is 41.2 Å². The lowest BCUT2D eigenvalue weighted by Crippen LogP contribution is -2.33. The quantitative estimate of drug-likeness (QED) is 0.550. The molecule has 158 valence electrons. The van der Waals surface area contributed by atoms with Crippen LogP contribution in [0, 0.1) is 0 Å². The maximum atomic E-state index is 13.3. The lowest BCUT2D eigenvalue weighted by atomic mass is 10.0. The molecule has 0 spiro atoms. The van der Waals surface area contributed by atoms with E-state index in [1.807, 2.05) is 12.1 Å². The smallest absolute Gasteiger partial charge is 0.200 e. The van der Waals surface area contributed by atoms with E-state index in [2.05, 4.69) is 4.90 Å². The molecule has 0 saturated heterocycles. The summed E-state index contributed by atoms with van der Waals surface area (Å²) in [5.41, 5.74) is 2.55. The third kappa shape index (κ3) is 3.74. The van der Waals surface area contributed by atoms with Crippen LogP contribution in [0.4, 0.5) is 0 Å². The maximum absolute atomic E-state index is 13.3. The molecule has 0 saturated carbocycles. The molecular weight excluding hydrogens is 386 g/mol. The summed E-state index contributed by atoms with van der Waals surface area (Å²) in [7, 11) is 4.83. The zero-order valence-electron chi connectivity index (χ0n) is 17.4. The highest BCUT2D eigenvalue weighted by atomic mass is 16.5. The average Bonchev–Trinajstić information content (AvgIpc) is 2.79. The number of ether oxygens (including phenoxy) is 4. The molecule has 1 aromatic heterocycles. The minimum absolute atomic E-state index is 0.0947. The van der Waals surface area contributed by atoms with Crippen molar-refractivity contribution in [3.63, 3.8) is 0 Å². The Labute approximate surface area is 174 Å². The summed E-state index contributed by atoms with van der Waals surface area (Å²) >= 11 is 0. The predicted octanol–water partition coefficient (Wildman–Crippen LogP) is 3.67. The van der Waals surface area contributed by atoms with Gasteiger partial charge >= 0.3 is 0 Å². The van der Waals surface area contributed by atoms with Crippen LogP contribution in [0.25, 0.3) is 22.1 Å². The zero-order chi connectivity index (χ0) is 21.1. The van der Waals surface area contributed by atoms with Crippen molar-refractivity contribution < 1.29 is 23.4 Å². The monoisotopic (exact) mass is 411 g/mol. The molecule has 30 heavy (non-hydrogen) atoms. The molecule has 7 nitrogen and oxygen atoms in total. The van der Waals surface area contributed by atoms with E-state index >= 15 is 0 Å². The molecule has 4 rings (SSSR count). The van der Waals surface area contributed by atoms with Crippen LogP contribution in [0.1, 0.15) is 12.0 Å². The molecule has 2 aromatic carbocycles. The van der Waals surface area contributed by atoms with E-state index in [0.29, 0.717) is 53.5 Å². The number of hydrogen-bond donors (Lipinski definition) is 0. The second kappa shape index (κ2) is 8.77. The van der Waals surface area contributed by atoms with E-state index in [4.69, 9.17) is 23.4 Å². The zero-order valence-corrected chi connectivity index (χ0v) is 17.4. The Bertz CT molecular complexity index is 1110. The first-order chi connectivity index (χ1) is 14.7. The normalized spacial score (nSPS) is 13.7. The SMILES string of the molecule is COCCCN1COc2ccc3c(=O)c(-c4ccc(OC)c(OC)c4)coc3c2C1. The van der Waals surface area contributed by atoms with Crippen molar-refractivity contribution in [3.05, 3.63) is 52.4 Å². The molecule has 0 aliphatic carbocycles. The second-order valence-corrected chi connectivity index (χ2v) is 7.14. The Morgan fingerprint density at radius 3 is 2.67 bits per heavy atom. The van der Waals surface area contributed by atoms with E-state index < -0.39 is 0 Å². The van der Waals surface area contributed by atoms with Gasteiger partial charge < -0.3 is 23.4 Å². The average molecular weight is 411 g/mol. The summed E-state index contributed by atoms with van der Waals surface area (Å²) in [6.07, 6.45) is 2.42. The van der Waals surface area contributed by atoms with Crippen LogP contribution in [0.15, 0.2) is 45.8 Å². The summed E-state index contributed by atoms with van der Waals surface area (Å²) in [6, 6.07) is 8.98. The van der Waals surface area contributed by atoms with Crippen molar-refractivity contribution in [1.29, 1.82) is 0 Å². The number of fused-ring (bicyclic) bond motifs is 3. The fourth-order valence-corrected chi connectivity index (χ4v) is 3.73. The number of nitrogens with zero attached hydrogens (tertiary/aromatic N) is 1. The first-order valence-corrected chi connectivity index (χ1v) is 9.80. The van der Waals surface area contributed by atoms with Gasteiger partial charge in [-0.15, -0.1) is 0 Å². The highest BCUT2D eigenvalue weighted by molar-refractivity contribution is 5.86. The van der Waals surface area contributed by atoms with Crippen LogP contribution in [0.3, 0.4) is 0 Å². The van der Waals surface area contributed by atoms with Gasteiger partial charge in [-0.25, -0.2) is 0 Å². The van der Waals surface area contributed by atoms with E-state index in [-0.39, 0.29) is 5.43 Å². The van der Waals surface area contributed by atoms with Crippen molar-refractivity contribution in [3.8, 4) is 28.4 Å². The van der Waals surface area contributed by atoms with Gasteiger partial charge in [0.2, 0.25) is 5.43 Å². The van der Waals surface area contributed by atoms with Gasteiger partial charge in [0.25, 0.3) is 0 Å². The van der Waals surface area contributed by atoms with E-state index in [9.17, 15) is 4.79 Å². The molecule has 0 unspecified atom stereocenters. The maximum Gasteiger partial charge on any atom is 0.200 e. The highest BCUT2D eigenvalue weighted by Gasteiger charge is 2.22. The molecule has 0 amide bonds. The molecule has 2 heterocycles. The third-order valence-electron chi connectivity index (χ3n) is 5.30. The Morgan fingerprint density at radius 2 is 1.90 bits per heavy atom. The Balaban J connectivity index is 1.72. The summed E-state index contributed by atoms with van der Waals surface area (Å²) in [5.74, 6) is 1.92. The lowest BCUT2D eigenvalue weighted by Gasteiger charge is -2.29. The summed E-state index contributed by atoms with van der Waals surface area (Å²) in [4.78, 5) is 15.4. The van der Waals surface area contributed by atoms with Gasteiger partial charge in [-0.05, 0) is 36.2 Å². The lowest BCUT2D eigenvalue weighted by molar-refractivity contribution is 0.0838. The first kappa shape index (κ1) is 20.3. The van der Waals surface area contributed by atoms with Crippen LogP contribution in [0.5, 0.6) is 17.2 Å². The number of benzene rings is 2. The Morgan fingerprint density at radius 1 is 1.07 bits per heavy atom. The molecule has 0 bridgehead atoms. The Hall–Kier alpha value is -3.03. The number of rotatable bonds is 7. The standard InChI is InChI=1S/C23H25NO6/c1-26-10-4-9-24-12-17-19(30-14-24)8-6-16-22(25)18(13-29-23(16)17)15-5-7-20(27-2)21(11-15)28-3/h5-8,11,13H,4,9-10,12,14H2,1-3H3. The third-order valence-corrected chi connectivity index (χ3v) is 5.30. The molecular formula is C23H25NO6. The predicted molar refractivity (Wildman–Crippen MR) is 113 cm³/mol. The minimum Gasteiger partial charge on any atom is -0.493 e. The van der Waals surface area contributed by atoms with Gasteiger partial charge in [-0.3, -0.25) is 9.69 Å². The summed E-state index contributed by atoms with van der Waals surface area (Å²) in [6.45, 7) is 2.71. The molecule has 1 aliphatic rings. The fourth-order valence-electron chi connectivity index (χ4n) is 3.73. The summed E-state index contributed by atoms with van der Waals surface area (Å²) < 4.78 is 27.6. The van der Waals surface area contributed by atoms with Crippen LogP contribution < -0.4 is 19.6 Å². The van der Waals surface area contributed by atoms with Crippen LogP contribution in [-0.4, -0.2) is 46.1 Å². The molecule has 0 radical (unpaired) electrons. The second-order valence-electron chi connectivity index (χ2n) is 7.14. The van der Waals surface area contributed by atoms with Gasteiger partial charge in [0.05, 0.1) is 30.7 Å². The van der Waals surface area contributed by atoms with Gasteiger partial charge in [0.15, 0.2) is 11.5 Å². The van der Waals surface area contributed by atoms with E-state index in [1.165, 1.54) is 6.26 Å². The van der Waals surface area contributed by atoms with Gasteiger partial charge in [0.1, 0.15) is 24.3 Å². The molecule has 0 N–H and O–H groups in total. The molecule has 1 aliphatic heterocycles. The molecule has 3 aromatic rings. The molecule has 7 heteroatoms. The minimum atomic E-state index is -0.0947. The fraction of sp³-hybridized carbons (Fsp3) is 0.348. The van der Waals surface area contributed by atoms with Gasteiger partial charge in [0, 0.05) is 26.8 Å². The Kier molecular flexibility index (Phi) is 5.92. The van der Waals surface area contributed by atoms with Crippen LogP contribution in [0.2, 0.25) is 0 Å². The van der Waals surface area contributed by atoms with Crippen molar-refractivity contribution in [2.45, 2.75) is 13.0 Å². The number of hydrogen-bond acceptors (Lipinski definition) is 7. The van der Waals surface area contributed by atoms with Gasteiger partial charge in [-0.1, -0.05) is 6.07 Å². The molecule has 0 fully saturated rings. The van der Waals surface area contributed by atoms with Gasteiger partial charge in [-0.2, -0.15) is 0 Å². The highest BCUT2D eigenvalue weighted by Crippen LogP contribution is 2.34. The van der Waals surface area contributed by atoms with Crippen molar-refractivity contribution in [2.24, 2.45) is 0 Å². The van der Waals surface area contributed by atoms with E-state index in [1.54, 1.807) is 39.5 Å². The first-order valence-electron chi connectivity index (χ1n) is 9.80. The van der Waals surface area contributed by atoms with Crippen molar-refractivity contribution in [1.82, 2.24) is 4.90 Å². The topological polar surface area (TPSA) is 70.4 Å². The van der Waals surface area contributed by atoms with E-state index in [0.717, 1.165) is 24.3 Å². The number of methoxy groups -OCH3 is 3. The van der Waals surface area contributed by atoms with Crippen molar-refractivity contribution >= 4 is 11.0 Å². The van der Waals surface area contributed by atoms with Crippen LogP contribution in [-0.2, 0) is 11.3 Å².